The van der Waals surface area contributed by atoms with E-state index in [1.165, 1.54) is 7.11 Å². The number of esters is 1. The monoisotopic (exact) mass is 292 g/mol. The van der Waals surface area contributed by atoms with Gasteiger partial charge in [-0.1, -0.05) is 11.2 Å². The Balaban J connectivity index is 2.15. The Morgan fingerprint density at radius 3 is 2.95 bits per heavy atom. The zero-order chi connectivity index (χ0) is 15.1. The Hall–Kier alpha value is -2.44. The van der Waals surface area contributed by atoms with Crippen molar-refractivity contribution in [2.45, 2.75) is 6.04 Å². The Labute approximate surface area is 121 Å². The van der Waals surface area contributed by atoms with E-state index in [4.69, 9.17) is 19.7 Å². The molecular formula is C13H16N4O4. The Bertz CT molecular complexity index is 557. The summed E-state index contributed by atoms with van der Waals surface area (Å²) in [7, 11) is 1.32. The van der Waals surface area contributed by atoms with Crippen LogP contribution in [0.5, 0.6) is 11.5 Å². The van der Waals surface area contributed by atoms with Gasteiger partial charge in [0.2, 0.25) is 0 Å². The summed E-state index contributed by atoms with van der Waals surface area (Å²) in [6.45, 7) is 1.59. The maximum Gasteiger partial charge on any atom is 0.327 e. The van der Waals surface area contributed by atoms with Gasteiger partial charge in [-0.3, -0.25) is 0 Å². The van der Waals surface area contributed by atoms with Gasteiger partial charge in [-0.2, -0.15) is 0 Å². The Kier molecular flexibility index (Phi) is 5.25. The molecule has 0 aromatic heterocycles. The third kappa shape index (κ3) is 3.77. The van der Waals surface area contributed by atoms with Crippen LogP contribution in [0.4, 0.5) is 0 Å². The van der Waals surface area contributed by atoms with Crippen LogP contribution in [-0.2, 0) is 9.53 Å². The van der Waals surface area contributed by atoms with E-state index in [0.717, 1.165) is 0 Å². The molecule has 21 heavy (non-hydrogen) atoms. The van der Waals surface area contributed by atoms with E-state index in [9.17, 15) is 4.79 Å². The number of benzene rings is 1. The molecule has 1 aliphatic heterocycles. The average molecular weight is 292 g/mol. The highest BCUT2D eigenvalue weighted by Gasteiger charge is 2.23. The number of nitrogens with one attached hydrogen (secondary N) is 1. The second-order valence-electron chi connectivity index (χ2n) is 4.27. The first-order valence-corrected chi connectivity index (χ1v) is 6.48. The van der Waals surface area contributed by atoms with Crippen LogP contribution >= 0.6 is 0 Å². The Morgan fingerprint density at radius 1 is 1.48 bits per heavy atom. The lowest BCUT2D eigenvalue weighted by atomic mass is 10.1. The van der Waals surface area contributed by atoms with Gasteiger partial charge < -0.3 is 19.5 Å². The number of methoxy groups -OCH3 is 1. The molecule has 0 bridgehead atoms. The van der Waals surface area contributed by atoms with Gasteiger partial charge in [0.05, 0.1) is 7.11 Å². The molecule has 1 unspecified atom stereocenters. The number of hydrogen-bond donors (Lipinski definition) is 1. The van der Waals surface area contributed by atoms with Crippen molar-refractivity contribution >= 4 is 5.97 Å². The molecule has 8 nitrogen and oxygen atoms in total. The van der Waals surface area contributed by atoms with Crippen LogP contribution in [0.25, 0.3) is 10.4 Å². The molecule has 0 amide bonds. The van der Waals surface area contributed by atoms with E-state index < -0.39 is 12.0 Å². The van der Waals surface area contributed by atoms with Crippen molar-refractivity contribution in [3.05, 3.63) is 34.2 Å². The molecule has 8 heteroatoms. The summed E-state index contributed by atoms with van der Waals surface area (Å²) in [5.41, 5.74) is 8.95. The second-order valence-corrected chi connectivity index (χ2v) is 4.27. The molecule has 1 aromatic rings. The fraction of sp³-hybridized carbons (Fsp3) is 0.462. The van der Waals surface area contributed by atoms with Gasteiger partial charge in [0, 0.05) is 18.0 Å². The van der Waals surface area contributed by atoms with Crippen molar-refractivity contribution in [1.82, 2.24) is 5.32 Å². The largest absolute Gasteiger partial charge is 0.486 e. The first kappa shape index (κ1) is 15.0. The van der Waals surface area contributed by atoms with Gasteiger partial charge in [-0.25, -0.2) is 4.79 Å². The number of carbonyl (C=O) groups is 1. The third-order valence-electron chi connectivity index (χ3n) is 2.96. The number of fused-ring (bicyclic) bond motifs is 1. The van der Waals surface area contributed by atoms with E-state index in [-0.39, 0.29) is 6.54 Å². The summed E-state index contributed by atoms with van der Waals surface area (Å²) >= 11 is 0. The molecule has 1 aromatic carbocycles. The molecule has 112 valence electrons. The van der Waals surface area contributed by atoms with Crippen LogP contribution in [0.2, 0.25) is 0 Å². The summed E-state index contributed by atoms with van der Waals surface area (Å²) in [4.78, 5) is 14.5. The molecule has 0 saturated heterocycles. The topological polar surface area (TPSA) is 106 Å². The van der Waals surface area contributed by atoms with Crippen LogP contribution in [0.15, 0.2) is 23.3 Å². The minimum Gasteiger partial charge on any atom is -0.486 e. The van der Waals surface area contributed by atoms with Gasteiger partial charge >= 0.3 is 5.97 Å². The standard InChI is InChI=1S/C13H16N4O4/c1-19-13(18)12(15-4-5-16-17-14)9-2-3-10-11(8-9)21-7-6-20-10/h2-3,8,12,15H,4-7H2,1H3. The van der Waals surface area contributed by atoms with Gasteiger partial charge in [0.25, 0.3) is 0 Å². The predicted molar refractivity (Wildman–Crippen MR) is 74.2 cm³/mol. The summed E-state index contributed by atoms with van der Waals surface area (Å²) in [5.74, 6) is 0.833. The normalized spacial score (nSPS) is 14.0. The molecule has 1 heterocycles. The molecule has 2 rings (SSSR count). The first-order chi connectivity index (χ1) is 10.3. The summed E-state index contributed by atoms with van der Waals surface area (Å²) in [5, 5.41) is 6.41. The average Bonchev–Trinajstić information content (AvgIpc) is 2.54. The highest BCUT2D eigenvalue weighted by molar-refractivity contribution is 5.78. The quantitative estimate of drug-likeness (QED) is 0.282. The van der Waals surface area contributed by atoms with Crippen molar-refractivity contribution in [3.8, 4) is 11.5 Å². The molecule has 0 radical (unpaired) electrons. The molecule has 1 aliphatic rings. The van der Waals surface area contributed by atoms with E-state index in [1.54, 1.807) is 18.2 Å². The van der Waals surface area contributed by atoms with Gasteiger partial charge in [0.15, 0.2) is 11.5 Å². The lowest BCUT2D eigenvalue weighted by Gasteiger charge is -2.21. The van der Waals surface area contributed by atoms with Crippen molar-refractivity contribution < 1.29 is 19.0 Å². The lowest BCUT2D eigenvalue weighted by Crippen LogP contribution is -2.31. The highest BCUT2D eigenvalue weighted by atomic mass is 16.6. The zero-order valence-corrected chi connectivity index (χ0v) is 11.6. The maximum absolute atomic E-state index is 11.9. The summed E-state index contributed by atoms with van der Waals surface area (Å²) < 4.78 is 15.7. The molecule has 0 fully saturated rings. The van der Waals surface area contributed by atoms with Gasteiger partial charge in [0.1, 0.15) is 19.3 Å². The van der Waals surface area contributed by atoms with Crippen molar-refractivity contribution in [2.24, 2.45) is 5.11 Å². The van der Waals surface area contributed by atoms with E-state index in [2.05, 4.69) is 15.3 Å². The first-order valence-electron chi connectivity index (χ1n) is 6.48. The molecule has 1 atom stereocenters. The maximum atomic E-state index is 11.9. The van der Waals surface area contributed by atoms with Crippen molar-refractivity contribution in [2.75, 3.05) is 33.4 Å². The third-order valence-corrected chi connectivity index (χ3v) is 2.96. The smallest absolute Gasteiger partial charge is 0.327 e. The lowest BCUT2D eigenvalue weighted by molar-refractivity contribution is -0.143. The van der Waals surface area contributed by atoms with Crippen LogP contribution in [0.3, 0.4) is 0 Å². The molecular weight excluding hydrogens is 276 g/mol. The summed E-state index contributed by atoms with van der Waals surface area (Å²) in [6.07, 6.45) is 0. The number of hydrogen-bond acceptors (Lipinski definition) is 6. The van der Waals surface area contributed by atoms with E-state index in [1.807, 2.05) is 0 Å². The second kappa shape index (κ2) is 7.37. The van der Waals surface area contributed by atoms with Gasteiger partial charge in [-0.15, -0.1) is 0 Å². The fourth-order valence-electron chi connectivity index (χ4n) is 2.00. The number of carbonyl (C=O) groups excluding carboxylic acids is 1. The van der Waals surface area contributed by atoms with Crippen LogP contribution in [-0.4, -0.2) is 39.4 Å². The number of nitrogens with zero attached hydrogens (tertiary/aromatic N) is 3. The number of rotatable bonds is 6. The minimum absolute atomic E-state index is 0.245. The predicted octanol–water partition coefficient (Wildman–Crippen LogP) is 1.57. The number of ether oxygens (including phenoxy) is 3. The molecule has 1 N–H and O–H groups in total. The van der Waals surface area contributed by atoms with Crippen LogP contribution in [0, 0.1) is 0 Å². The zero-order valence-electron chi connectivity index (χ0n) is 11.6. The minimum atomic E-state index is -0.653. The highest BCUT2D eigenvalue weighted by Crippen LogP contribution is 2.32. The fourth-order valence-corrected chi connectivity index (χ4v) is 2.00. The van der Waals surface area contributed by atoms with Crippen LogP contribution in [0.1, 0.15) is 11.6 Å². The van der Waals surface area contributed by atoms with E-state index >= 15 is 0 Å². The summed E-state index contributed by atoms with van der Waals surface area (Å²) in [6, 6.07) is 4.63. The van der Waals surface area contributed by atoms with Gasteiger partial charge in [-0.05, 0) is 23.2 Å². The van der Waals surface area contributed by atoms with Crippen molar-refractivity contribution in [1.29, 1.82) is 0 Å². The molecule has 0 aliphatic carbocycles. The Morgan fingerprint density at radius 2 is 2.24 bits per heavy atom. The van der Waals surface area contributed by atoms with Crippen molar-refractivity contribution in [3.63, 3.8) is 0 Å². The molecule has 0 spiro atoms. The van der Waals surface area contributed by atoms with Crippen LogP contribution < -0.4 is 14.8 Å². The molecule has 0 saturated carbocycles. The van der Waals surface area contributed by atoms with E-state index in [0.29, 0.717) is 36.8 Å². The SMILES string of the molecule is COC(=O)C(NCCN=[N+]=[N-])c1ccc2c(c1)OCCO2. The number of azide groups is 1.